The van der Waals surface area contributed by atoms with Crippen LogP contribution in [0, 0.1) is 10.1 Å². The van der Waals surface area contributed by atoms with Crippen LogP contribution in [-0.2, 0) is 0 Å². The zero-order chi connectivity index (χ0) is 16.5. The largest absolute Gasteiger partial charge is 0.490 e. The Labute approximate surface area is 128 Å². The van der Waals surface area contributed by atoms with E-state index in [-0.39, 0.29) is 17.3 Å². The van der Waals surface area contributed by atoms with Crippen molar-refractivity contribution in [2.24, 2.45) is 0 Å². The Balaban J connectivity index is 0.00000116. The summed E-state index contributed by atoms with van der Waals surface area (Å²) >= 11 is 0. The van der Waals surface area contributed by atoms with Crippen LogP contribution in [0.25, 0.3) is 6.08 Å². The molecule has 0 fully saturated rings. The van der Waals surface area contributed by atoms with Crippen molar-refractivity contribution in [3.05, 3.63) is 58.7 Å². The zero-order valence-electron chi connectivity index (χ0n) is 12.6. The zero-order valence-corrected chi connectivity index (χ0v) is 12.6. The van der Waals surface area contributed by atoms with Crippen molar-refractivity contribution in [1.82, 2.24) is 9.55 Å². The van der Waals surface area contributed by atoms with E-state index in [9.17, 15) is 14.9 Å². The first-order valence-corrected chi connectivity index (χ1v) is 6.64. The van der Waals surface area contributed by atoms with Gasteiger partial charge in [-0.2, -0.15) is 0 Å². The van der Waals surface area contributed by atoms with E-state index in [2.05, 4.69) is 4.98 Å². The van der Waals surface area contributed by atoms with Crippen LogP contribution in [0.15, 0.2) is 43.0 Å². The van der Waals surface area contributed by atoms with E-state index in [1.165, 1.54) is 54.7 Å². The number of nitrogens with zero attached hydrogens (tertiary/aromatic N) is 3. The van der Waals surface area contributed by atoms with Crippen molar-refractivity contribution in [1.29, 1.82) is 0 Å². The number of allylic oxidation sites excluding steroid dienone is 1. The highest BCUT2D eigenvalue weighted by atomic mass is 16.6. The maximum Gasteiger partial charge on any atom is 0.311 e. The normalized spacial score (nSPS) is 9.95. The molecule has 116 valence electrons. The Hall–Kier alpha value is -2.96. The highest BCUT2D eigenvalue weighted by Crippen LogP contribution is 2.27. The monoisotopic (exact) mass is 303 g/mol. The average Bonchev–Trinajstić information content (AvgIpc) is 3.08. The number of rotatable bonds is 4. The molecule has 0 radical (unpaired) electrons. The first-order valence-electron chi connectivity index (χ1n) is 6.64. The van der Waals surface area contributed by atoms with Crippen molar-refractivity contribution in [2.45, 2.75) is 13.8 Å². The minimum absolute atomic E-state index is 0.148. The Morgan fingerprint density at radius 3 is 2.68 bits per heavy atom. The molecule has 0 aliphatic rings. The number of aromatic nitrogens is 2. The topological polar surface area (TPSA) is 87.3 Å². The van der Waals surface area contributed by atoms with Gasteiger partial charge in [0.05, 0.1) is 12.0 Å². The molecule has 0 amide bonds. The first kappa shape index (κ1) is 17.1. The minimum Gasteiger partial charge on any atom is -0.490 e. The molecule has 2 rings (SSSR count). The van der Waals surface area contributed by atoms with Gasteiger partial charge < -0.3 is 4.74 Å². The molecule has 22 heavy (non-hydrogen) atoms. The fourth-order valence-electron chi connectivity index (χ4n) is 1.60. The van der Waals surface area contributed by atoms with Gasteiger partial charge in [-0.1, -0.05) is 19.9 Å². The lowest BCUT2D eigenvalue weighted by Gasteiger charge is -2.02. The van der Waals surface area contributed by atoms with Gasteiger partial charge in [0, 0.05) is 24.5 Å². The maximum atomic E-state index is 11.7. The molecule has 7 nitrogen and oxygen atoms in total. The van der Waals surface area contributed by atoms with E-state index in [1.807, 2.05) is 13.8 Å². The van der Waals surface area contributed by atoms with Gasteiger partial charge in [-0.15, -0.1) is 0 Å². The third-order valence-electron chi connectivity index (χ3n) is 2.58. The highest BCUT2D eigenvalue weighted by Gasteiger charge is 2.14. The number of hydrogen-bond donors (Lipinski definition) is 0. The molecule has 0 aliphatic heterocycles. The fraction of sp³-hybridized carbons (Fsp3) is 0.200. The molecule has 0 saturated carbocycles. The van der Waals surface area contributed by atoms with Gasteiger partial charge in [-0.25, -0.2) is 4.98 Å². The molecule has 0 aliphatic carbocycles. The summed E-state index contributed by atoms with van der Waals surface area (Å²) in [6.45, 7) is 4.00. The first-order chi connectivity index (χ1) is 10.6. The summed E-state index contributed by atoms with van der Waals surface area (Å²) < 4.78 is 6.20. The van der Waals surface area contributed by atoms with Crippen LogP contribution in [0.4, 0.5) is 5.69 Å². The van der Waals surface area contributed by atoms with E-state index < -0.39 is 4.92 Å². The lowest BCUT2D eigenvalue weighted by molar-refractivity contribution is -0.385. The van der Waals surface area contributed by atoms with Gasteiger partial charge in [0.1, 0.15) is 6.33 Å². The second-order valence-corrected chi connectivity index (χ2v) is 3.83. The lowest BCUT2D eigenvalue weighted by atomic mass is 10.1. The fourth-order valence-corrected chi connectivity index (χ4v) is 1.60. The molecular weight excluding hydrogens is 286 g/mol. The number of methoxy groups -OCH3 is 1. The smallest absolute Gasteiger partial charge is 0.311 e. The number of benzene rings is 1. The lowest BCUT2D eigenvalue weighted by Crippen LogP contribution is -2.03. The van der Waals surface area contributed by atoms with Crippen LogP contribution in [0.5, 0.6) is 5.75 Å². The van der Waals surface area contributed by atoms with Crippen LogP contribution in [-0.4, -0.2) is 27.5 Å². The third-order valence-corrected chi connectivity index (χ3v) is 2.58. The van der Waals surface area contributed by atoms with Crippen LogP contribution in [0.2, 0.25) is 0 Å². The molecule has 0 spiro atoms. The number of hydrogen-bond acceptors (Lipinski definition) is 5. The van der Waals surface area contributed by atoms with Crippen molar-refractivity contribution >= 4 is 17.7 Å². The Morgan fingerprint density at radius 1 is 1.41 bits per heavy atom. The Morgan fingerprint density at radius 2 is 2.14 bits per heavy atom. The summed E-state index contributed by atoms with van der Waals surface area (Å²) in [6.07, 6.45) is 7.19. The Bertz CT molecular complexity index is 663. The van der Waals surface area contributed by atoms with E-state index in [4.69, 9.17) is 4.74 Å². The number of ether oxygens (including phenoxy) is 1. The molecule has 1 aromatic heterocycles. The van der Waals surface area contributed by atoms with E-state index >= 15 is 0 Å². The summed E-state index contributed by atoms with van der Waals surface area (Å²) in [5.41, 5.74) is 0.385. The number of imidazole rings is 1. The van der Waals surface area contributed by atoms with Crippen LogP contribution >= 0.6 is 0 Å². The van der Waals surface area contributed by atoms with E-state index in [1.54, 1.807) is 6.07 Å². The highest BCUT2D eigenvalue weighted by molar-refractivity contribution is 5.93. The van der Waals surface area contributed by atoms with Crippen molar-refractivity contribution in [3.8, 4) is 5.75 Å². The van der Waals surface area contributed by atoms with Gasteiger partial charge in [-0.05, 0) is 17.7 Å². The van der Waals surface area contributed by atoms with E-state index in [0.29, 0.717) is 5.56 Å². The number of carbonyl (C=O) groups excluding carboxylic acids is 1. The molecule has 0 saturated heterocycles. The minimum atomic E-state index is -0.534. The van der Waals surface area contributed by atoms with Crippen LogP contribution < -0.4 is 4.74 Å². The average molecular weight is 303 g/mol. The van der Waals surface area contributed by atoms with Crippen LogP contribution in [0.1, 0.15) is 24.2 Å². The van der Waals surface area contributed by atoms with Gasteiger partial charge >= 0.3 is 5.69 Å². The summed E-state index contributed by atoms with van der Waals surface area (Å²) in [6, 6.07) is 4.46. The third kappa shape index (κ3) is 4.27. The van der Waals surface area contributed by atoms with E-state index in [0.717, 1.165) is 0 Å². The second-order valence-electron chi connectivity index (χ2n) is 3.83. The molecule has 0 unspecified atom stereocenters. The van der Waals surface area contributed by atoms with Gasteiger partial charge in [0.15, 0.2) is 5.75 Å². The maximum absolute atomic E-state index is 11.7. The van der Waals surface area contributed by atoms with Gasteiger partial charge in [0.25, 0.3) is 5.91 Å². The summed E-state index contributed by atoms with van der Waals surface area (Å²) in [7, 11) is 1.36. The summed E-state index contributed by atoms with van der Waals surface area (Å²) in [4.78, 5) is 25.8. The van der Waals surface area contributed by atoms with Crippen molar-refractivity contribution < 1.29 is 14.5 Å². The standard InChI is InChI=1S/C13H11N3O4.C2H6/c1-20-12-4-2-10(8-11(12)16(18)19)3-5-13(17)15-7-6-14-9-15;1-2/h2-9H,1H3;1-2H3/b5-3+;. The molecule has 0 atom stereocenters. The quantitative estimate of drug-likeness (QED) is 0.492. The molecule has 2 aromatic rings. The van der Waals surface area contributed by atoms with Gasteiger partial charge in [0.2, 0.25) is 0 Å². The predicted octanol–water partition coefficient (Wildman–Crippen LogP) is 3.18. The van der Waals surface area contributed by atoms with Crippen LogP contribution in [0.3, 0.4) is 0 Å². The predicted molar refractivity (Wildman–Crippen MR) is 82.9 cm³/mol. The summed E-state index contributed by atoms with van der Waals surface area (Å²) in [5.74, 6) is -0.117. The molecule has 0 bridgehead atoms. The molecule has 0 N–H and O–H groups in total. The van der Waals surface area contributed by atoms with Crippen molar-refractivity contribution in [2.75, 3.05) is 7.11 Å². The molecule has 1 heterocycles. The number of carbonyl (C=O) groups is 1. The number of nitro benzene ring substituents is 1. The second kappa shape index (κ2) is 8.35. The van der Waals surface area contributed by atoms with Crippen molar-refractivity contribution in [3.63, 3.8) is 0 Å². The molecule has 1 aromatic carbocycles. The molecule has 7 heteroatoms. The Kier molecular flexibility index (Phi) is 6.49. The SMILES string of the molecule is CC.COc1ccc(/C=C/C(=O)n2ccnc2)cc1[N+](=O)[O-]. The summed E-state index contributed by atoms with van der Waals surface area (Å²) in [5, 5.41) is 10.9. The number of nitro groups is 1. The van der Waals surface area contributed by atoms with Gasteiger partial charge in [-0.3, -0.25) is 19.5 Å². The molecular formula is C15H17N3O4.